The molecule has 2 unspecified atom stereocenters. The lowest BCUT2D eigenvalue weighted by Crippen LogP contribution is -2.57. The largest absolute Gasteiger partial charge is 0.480 e. The summed E-state index contributed by atoms with van der Waals surface area (Å²) in [6.45, 7) is 4.59. The summed E-state index contributed by atoms with van der Waals surface area (Å²) in [6, 6.07) is -0.895. The molecule has 6 heteroatoms. The first-order chi connectivity index (χ1) is 7.96. The van der Waals surface area contributed by atoms with Gasteiger partial charge in [0.05, 0.1) is 18.6 Å². The van der Waals surface area contributed by atoms with Crippen molar-refractivity contribution in [3.63, 3.8) is 0 Å². The highest BCUT2D eigenvalue weighted by molar-refractivity contribution is 5.87. The van der Waals surface area contributed by atoms with Gasteiger partial charge in [0.25, 0.3) is 0 Å². The van der Waals surface area contributed by atoms with Crippen LogP contribution in [0, 0.1) is 5.41 Å². The Hall–Kier alpha value is -1.14. The molecule has 2 atom stereocenters. The molecule has 3 N–H and O–H groups in total. The fourth-order valence-corrected chi connectivity index (χ4v) is 1.78. The lowest BCUT2D eigenvalue weighted by Gasteiger charge is -2.38. The Morgan fingerprint density at radius 3 is 2.71 bits per heavy atom. The Morgan fingerprint density at radius 2 is 2.24 bits per heavy atom. The summed E-state index contributed by atoms with van der Waals surface area (Å²) in [5.74, 6) is -1.23. The van der Waals surface area contributed by atoms with Crippen LogP contribution in [0.2, 0.25) is 0 Å². The van der Waals surface area contributed by atoms with Crippen LogP contribution in [0.1, 0.15) is 20.3 Å². The highest BCUT2D eigenvalue weighted by Gasteiger charge is 2.40. The zero-order valence-corrected chi connectivity index (χ0v) is 10.3. The van der Waals surface area contributed by atoms with Crippen LogP contribution >= 0.6 is 0 Å². The van der Waals surface area contributed by atoms with E-state index in [1.54, 1.807) is 6.92 Å². The second-order valence-corrected chi connectivity index (χ2v) is 4.55. The van der Waals surface area contributed by atoms with Gasteiger partial charge in [0.2, 0.25) is 5.91 Å². The molecule has 0 spiro atoms. The molecule has 1 amide bonds. The number of rotatable bonds is 4. The van der Waals surface area contributed by atoms with Crippen LogP contribution in [0.15, 0.2) is 0 Å². The number of carbonyl (C=O) groups is 2. The van der Waals surface area contributed by atoms with E-state index in [9.17, 15) is 9.59 Å². The Labute approximate surface area is 101 Å². The maximum absolute atomic E-state index is 12.3. The van der Waals surface area contributed by atoms with E-state index in [0.717, 1.165) is 0 Å². The number of morpholine rings is 1. The number of ether oxygens (including phenoxy) is 1. The molecule has 0 aromatic carbocycles. The van der Waals surface area contributed by atoms with E-state index in [1.165, 1.54) is 4.90 Å². The molecule has 6 nitrogen and oxygen atoms in total. The molecule has 0 aliphatic carbocycles. The molecule has 98 valence electrons. The number of carboxylic acids is 1. The lowest BCUT2D eigenvalue weighted by atomic mass is 9.85. The summed E-state index contributed by atoms with van der Waals surface area (Å²) in [6.07, 6.45) is 0.589. The fourth-order valence-electron chi connectivity index (χ4n) is 1.78. The average Bonchev–Trinajstić information content (AvgIpc) is 2.36. The van der Waals surface area contributed by atoms with E-state index in [1.807, 2.05) is 6.92 Å². The van der Waals surface area contributed by atoms with E-state index in [-0.39, 0.29) is 19.1 Å². The smallest absolute Gasteiger partial charge is 0.328 e. The van der Waals surface area contributed by atoms with E-state index in [4.69, 9.17) is 15.6 Å². The van der Waals surface area contributed by atoms with E-state index in [0.29, 0.717) is 19.6 Å². The summed E-state index contributed by atoms with van der Waals surface area (Å²) in [7, 11) is 0. The normalized spacial score (nSPS) is 24.2. The maximum Gasteiger partial charge on any atom is 0.328 e. The zero-order chi connectivity index (χ0) is 13.1. The number of amides is 1. The third-order valence-corrected chi connectivity index (χ3v) is 3.42. The Bertz CT molecular complexity index is 302. The van der Waals surface area contributed by atoms with E-state index >= 15 is 0 Å². The summed E-state index contributed by atoms with van der Waals surface area (Å²) in [5.41, 5.74) is 4.93. The summed E-state index contributed by atoms with van der Waals surface area (Å²) in [5, 5.41) is 9.06. The molecule has 0 saturated carbocycles. The average molecular weight is 244 g/mol. The van der Waals surface area contributed by atoms with Crippen molar-refractivity contribution in [1.82, 2.24) is 4.90 Å². The van der Waals surface area contributed by atoms with Crippen LogP contribution in [0.3, 0.4) is 0 Å². The van der Waals surface area contributed by atoms with Gasteiger partial charge < -0.3 is 20.5 Å². The third kappa shape index (κ3) is 2.76. The molecule has 17 heavy (non-hydrogen) atoms. The molecule has 1 aliphatic heterocycles. The monoisotopic (exact) mass is 244 g/mol. The highest BCUT2D eigenvalue weighted by Crippen LogP contribution is 2.25. The van der Waals surface area contributed by atoms with Crippen molar-refractivity contribution < 1.29 is 19.4 Å². The van der Waals surface area contributed by atoms with Gasteiger partial charge in [-0.25, -0.2) is 4.79 Å². The number of hydrogen-bond donors (Lipinski definition) is 2. The highest BCUT2D eigenvalue weighted by atomic mass is 16.5. The number of aliphatic carboxylic acids is 1. The van der Waals surface area contributed by atoms with Gasteiger partial charge in [-0.15, -0.1) is 0 Å². The number of nitrogens with zero attached hydrogens (tertiary/aromatic N) is 1. The molecule has 0 aromatic heterocycles. The van der Waals surface area contributed by atoms with Crippen LogP contribution in [-0.4, -0.2) is 54.2 Å². The number of carboxylic acid groups (broad SMARTS) is 1. The van der Waals surface area contributed by atoms with Gasteiger partial charge in [-0.1, -0.05) is 6.92 Å². The van der Waals surface area contributed by atoms with Crippen molar-refractivity contribution in [2.45, 2.75) is 26.3 Å². The second-order valence-electron chi connectivity index (χ2n) is 4.55. The second kappa shape index (κ2) is 5.46. The van der Waals surface area contributed by atoms with E-state index < -0.39 is 17.4 Å². The summed E-state index contributed by atoms with van der Waals surface area (Å²) in [4.78, 5) is 24.8. The molecule has 1 aliphatic rings. The summed E-state index contributed by atoms with van der Waals surface area (Å²) < 4.78 is 5.10. The predicted octanol–water partition coefficient (Wildman–Crippen LogP) is -0.327. The predicted molar refractivity (Wildman–Crippen MR) is 61.4 cm³/mol. The van der Waals surface area contributed by atoms with Crippen LogP contribution in [-0.2, 0) is 14.3 Å². The zero-order valence-electron chi connectivity index (χ0n) is 10.3. The van der Waals surface area contributed by atoms with Crippen molar-refractivity contribution in [2.75, 3.05) is 26.3 Å². The molecule has 1 heterocycles. The molecule has 0 bridgehead atoms. The minimum absolute atomic E-state index is 0.0471. The standard InChI is InChI=1S/C11H20N2O4/c1-3-11(2,7-12)10(16)13-4-5-17-6-8(13)9(14)15/h8H,3-7,12H2,1-2H3,(H,14,15). The molecule has 1 saturated heterocycles. The van der Waals surface area contributed by atoms with E-state index in [2.05, 4.69) is 0 Å². The van der Waals surface area contributed by atoms with Crippen molar-refractivity contribution in [2.24, 2.45) is 11.1 Å². The number of hydrogen-bond acceptors (Lipinski definition) is 4. The first kappa shape index (κ1) is 13.9. The first-order valence-electron chi connectivity index (χ1n) is 5.78. The van der Waals surface area contributed by atoms with Crippen LogP contribution < -0.4 is 5.73 Å². The Kier molecular flexibility index (Phi) is 4.47. The van der Waals surface area contributed by atoms with Gasteiger partial charge >= 0.3 is 5.97 Å². The molecule has 0 radical (unpaired) electrons. The van der Waals surface area contributed by atoms with Gasteiger partial charge in [-0.3, -0.25) is 4.79 Å². The van der Waals surface area contributed by atoms with Crippen LogP contribution in [0.25, 0.3) is 0 Å². The Balaban J connectivity index is 2.88. The lowest BCUT2D eigenvalue weighted by molar-refractivity contribution is -0.163. The number of carbonyl (C=O) groups excluding carboxylic acids is 1. The van der Waals surface area contributed by atoms with Gasteiger partial charge in [-0.05, 0) is 13.3 Å². The van der Waals surface area contributed by atoms with Crippen molar-refractivity contribution in [3.8, 4) is 0 Å². The molecule has 1 rings (SSSR count). The Morgan fingerprint density at radius 1 is 1.59 bits per heavy atom. The SMILES string of the molecule is CCC(C)(CN)C(=O)N1CCOCC1C(=O)O. The first-order valence-corrected chi connectivity index (χ1v) is 5.78. The van der Waals surface area contributed by atoms with Gasteiger partial charge in [0.1, 0.15) is 0 Å². The van der Waals surface area contributed by atoms with Crippen LogP contribution in [0.4, 0.5) is 0 Å². The molecule has 1 fully saturated rings. The van der Waals surface area contributed by atoms with Gasteiger partial charge in [-0.2, -0.15) is 0 Å². The molecular weight excluding hydrogens is 224 g/mol. The van der Waals surface area contributed by atoms with Crippen molar-refractivity contribution in [3.05, 3.63) is 0 Å². The van der Waals surface area contributed by atoms with Crippen molar-refractivity contribution >= 4 is 11.9 Å². The maximum atomic E-state index is 12.3. The van der Waals surface area contributed by atoms with Gasteiger partial charge in [0, 0.05) is 13.1 Å². The third-order valence-electron chi connectivity index (χ3n) is 3.42. The molecule has 0 aromatic rings. The minimum Gasteiger partial charge on any atom is -0.480 e. The number of nitrogens with two attached hydrogens (primary N) is 1. The van der Waals surface area contributed by atoms with Crippen molar-refractivity contribution in [1.29, 1.82) is 0 Å². The van der Waals surface area contributed by atoms with Gasteiger partial charge in [0.15, 0.2) is 6.04 Å². The summed E-state index contributed by atoms with van der Waals surface area (Å²) >= 11 is 0. The topological polar surface area (TPSA) is 92.9 Å². The minimum atomic E-state index is -1.03. The fraction of sp³-hybridized carbons (Fsp3) is 0.818. The quantitative estimate of drug-likeness (QED) is 0.706. The van der Waals surface area contributed by atoms with Crippen LogP contribution in [0.5, 0.6) is 0 Å². The molecular formula is C11H20N2O4.